The van der Waals surface area contributed by atoms with Crippen LogP contribution in [0.5, 0.6) is 0 Å². The minimum Gasteiger partial charge on any atom is -0.372 e. The normalized spacial score (nSPS) is 21.0. The first-order chi connectivity index (χ1) is 11.1. The van der Waals surface area contributed by atoms with Crippen LogP contribution in [-0.4, -0.2) is 33.2 Å². The number of hydrogen-bond donors (Lipinski definition) is 2. The van der Waals surface area contributed by atoms with Crippen molar-refractivity contribution >= 4 is 11.7 Å². The van der Waals surface area contributed by atoms with Crippen LogP contribution < -0.4 is 10.6 Å². The molecule has 2 atom stereocenters. The van der Waals surface area contributed by atoms with Gasteiger partial charge in [-0.2, -0.15) is 0 Å². The Morgan fingerprint density at radius 2 is 2.26 bits per heavy atom. The molecule has 0 aliphatic carbocycles. The van der Waals surface area contributed by atoms with Gasteiger partial charge in [-0.25, -0.2) is 9.78 Å². The summed E-state index contributed by atoms with van der Waals surface area (Å²) in [4.78, 5) is 20.3. The van der Waals surface area contributed by atoms with E-state index in [4.69, 9.17) is 4.74 Å². The van der Waals surface area contributed by atoms with Gasteiger partial charge >= 0.3 is 6.03 Å². The van der Waals surface area contributed by atoms with Gasteiger partial charge in [-0.3, -0.25) is 4.98 Å². The lowest BCUT2D eigenvalue weighted by Gasteiger charge is -2.30. The van der Waals surface area contributed by atoms with Crippen molar-refractivity contribution in [3.63, 3.8) is 0 Å². The van der Waals surface area contributed by atoms with E-state index in [0.717, 1.165) is 29.8 Å². The van der Waals surface area contributed by atoms with Gasteiger partial charge in [0.05, 0.1) is 18.2 Å². The van der Waals surface area contributed by atoms with Crippen LogP contribution in [0.15, 0.2) is 31.0 Å². The number of carbonyl (C=O) groups is 1. The number of ether oxygens (including phenoxy) is 1. The first-order valence-electron chi connectivity index (χ1n) is 7.69. The minimum absolute atomic E-state index is 0.0378. The van der Waals surface area contributed by atoms with E-state index in [1.807, 2.05) is 24.7 Å². The molecule has 0 radical (unpaired) electrons. The largest absolute Gasteiger partial charge is 0.372 e. The Labute approximate surface area is 135 Å². The van der Waals surface area contributed by atoms with Gasteiger partial charge < -0.3 is 19.9 Å². The molecule has 0 saturated carbocycles. The summed E-state index contributed by atoms with van der Waals surface area (Å²) in [5.41, 5.74) is 2.73. The van der Waals surface area contributed by atoms with E-state index < -0.39 is 0 Å². The predicted octanol–water partition coefficient (Wildman–Crippen LogP) is 2.17. The maximum absolute atomic E-state index is 12.2. The van der Waals surface area contributed by atoms with Gasteiger partial charge in [0, 0.05) is 37.8 Å². The Balaban J connectivity index is 1.58. The highest BCUT2D eigenvalue weighted by Crippen LogP contribution is 2.27. The predicted molar refractivity (Wildman–Crippen MR) is 86.1 cm³/mol. The van der Waals surface area contributed by atoms with Gasteiger partial charge in [0.15, 0.2) is 0 Å². The van der Waals surface area contributed by atoms with Crippen LogP contribution in [0, 0.1) is 6.92 Å². The summed E-state index contributed by atoms with van der Waals surface area (Å²) >= 11 is 0. The van der Waals surface area contributed by atoms with Gasteiger partial charge in [0.25, 0.3) is 0 Å². The fourth-order valence-electron chi connectivity index (χ4n) is 2.77. The number of imidazole rings is 1. The summed E-state index contributed by atoms with van der Waals surface area (Å²) in [6.07, 6.45) is 8.46. The van der Waals surface area contributed by atoms with E-state index in [-0.39, 0.29) is 18.2 Å². The van der Waals surface area contributed by atoms with Crippen molar-refractivity contribution in [3.05, 3.63) is 42.2 Å². The monoisotopic (exact) mass is 315 g/mol. The van der Waals surface area contributed by atoms with Crippen LogP contribution in [0.3, 0.4) is 0 Å². The maximum Gasteiger partial charge on any atom is 0.319 e. The van der Waals surface area contributed by atoms with Gasteiger partial charge in [0.1, 0.15) is 6.10 Å². The van der Waals surface area contributed by atoms with E-state index in [2.05, 4.69) is 20.6 Å². The Kier molecular flexibility index (Phi) is 4.57. The lowest BCUT2D eigenvalue weighted by Crippen LogP contribution is -2.42. The number of amides is 2. The van der Waals surface area contributed by atoms with Crippen LogP contribution in [0.2, 0.25) is 0 Å². The van der Waals surface area contributed by atoms with Crippen LogP contribution in [-0.2, 0) is 11.8 Å². The molecule has 2 N–H and O–H groups in total. The van der Waals surface area contributed by atoms with Gasteiger partial charge in [-0.15, -0.1) is 0 Å². The zero-order valence-electron chi connectivity index (χ0n) is 13.3. The van der Waals surface area contributed by atoms with E-state index in [1.54, 1.807) is 24.8 Å². The average molecular weight is 315 g/mol. The highest BCUT2D eigenvalue weighted by Gasteiger charge is 2.26. The van der Waals surface area contributed by atoms with Gasteiger partial charge in [-0.05, 0) is 31.4 Å². The molecule has 7 heteroatoms. The fraction of sp³-hybridized carbons (Fsp3) is 0.438. The molecule has 0 aromatic carbocycles. The first kappa shape index (κ1) is 15.5. The Morgan fingerprint density at radius 1 is 1.39 bits per heavy atom. The third-order valence-corrected chi connectivity index (χ3v) is 4.07. The highest BCUT2D eigenvalue weighted by atomic mass is 16.5. The maximum atomic E-state index is 12.2. The molecule has 0 spiro atoms. The van der Waals surface area contributed by atoms with Crippen molar-refractivity contribution in [3.8, 4) is 0 Å². The number of aryl methyl sites for hydroxylation is 2. The molecule has 122 valence electrons. The zero-order valence-corrected chi connectivity index (χ0v) is 13.3. The first-order valence-corrected chi connectivity index (χ1v) is 7.69. The number of nitrogens with one attached hydrogen (secondary N) is 2. The van der Waals surface area contributed by atoms with Gasteiger partial charge in [-0.1, -0.05) is 0 Å². The Bertz CT molecular complexity index is 685. The summed E-state index contributed by atoms with van der Waals surface area (Å²) in [6.45, 7) is 2.53. The molecule has 2 amide bonds. The van der Waals surface area contributed by atoms with E-state index in [0.29, 0.717) is 6.61 Å². The molecule has 1 aliphatic heterocycles. The number of urea groups is 1. The van der Waals surface area contributed by atoms with Crippen molar-refractivity contribution in [1.82, 2.24) is 19.9 Å². The third kappa shape index (κ3) is 3.68. The third-order valence-electron chi connectivity index (χ3n) is 4.07. The molecule has 3 rings (SSSR count). The van der Waals surface area contributed by atoms with Crippen LogP contribution in [0.1, 0.15) is 30.2 Å². The summed E-state index contributed by atoms with van der Waals surface area (Å²) in [6, 6.07) is 1.66. The second-order valence-electron chi connectivity index (χ2n) is 5.80. The fourth-order valence-corrected chi connectivity index (χ4v) is 2.77. The molecule has 3 heterocycles. The van der Waals surface area contributed by atoms with Crippen molar-refractivity contribution < 1.29 is 9.53 Å². The second kappa shape index (κ2) is 6.78. The van der Waals surface area contributed by atoms with Crippen LogP contribution in [0.25, 0.3) is 0 Å². The van der Waals surface area contributed by atoms with Crippen molar-refractivity contribution in [2.75, 3.05) is 11.9 Å². The Hall–Kier alpha value is -2.41. The number of nitrogens with zero attached hydrogens (tertiary/aromatic N) is 3. The smallest absolute Gasteiger partial charge is 0.319 e. The molecule has 1 saturated heterocycles. The summed E-state index contributed by atoms with van der Waals surface area (Å²) in [5.74, 6) is 0. The standard InChI is InChI=1S/C16H21N5O2/c1-11-8-17-5-3-13(11)20-16(22)19-12-4-6-23-15(7-12)14-9-18-10-21(14)2/h3,5,8-10,12,15H,4,6-7H2,1-2H3,(H2,17,19,20,22). The molecule has 2 aromatic rings. The highest BCUT2D eigenvalue weighted by molar-refractivity contribution is 5.90. The minimum atomic E-state index is -0.199. The number of rotatable bonds is 3. The molecular formula is C16H21N5O2. The molecule has 2 aromatic heterocycles. The molecular weight excluding hydrogens is 294 g/mol. The number of aromatic nitrogens is 3. The average Bonchev–Trinajstić information content (AvgIpc) is 2.96. The lowest BCUT2D eigenvalue weighted by molar-refractivity contribution is -0.00151. The number of anilines is 1. The van der Waals surface area contributed by atoms with Crippen molar-refractivity contribution in [1.29, 1.82) is 0 Å². The zero-order chi connectivity index (χ0) is 16.2. The molecule has 0 bridgehead atoms. The summed E-state index contributed by atoms with van der Waals surface area (Å²) < 4.78 is 7.76. The lowest BCUT2D eigenvalue weighted by atomic mass is 10.0. The number of hydrogen-bond acceptors (Lipinski definition) is 4. The Morgan fingerprint density at radius 3 is 3.00 bits per heavy atom. The second-order valence-corrected chi connectivity index (χ2v) is 5.80. The van der Waals surface area contributed by atoms with Crippen molar-refractivity contribution in [2.24, 2.45) is 7.05 Å². The topological polar surface area (TPSA) is 81.1 Å². The molecule has 23 heavy (non-hydrogen) atoms. The van der Waals surface area contributed by atoms with Crippen LogP contribution >= 0.6 is 0 Å². The van der Waals surface area contributed by atoms with E-state index in [9.17, 15) is 4.79 Å². The quantitative estimate of drug-likeness (QED) is 0.909. The van der Waals surface area contributed by atoms with E-state index in [1.165, 1.54) is 0 Å². The van der Waals surface area contributed by atoms with Gasteiger partial charge in [0.2, 0.25) is 0 Å². The van der Waals surface area contributed by atoms with Crippen LogP contribution in [0.4, 0.5) is 10.5 Å². The van der Waals surface area contributed by atoms with E-state index >= 15 is 0 Å². The molecule has 1 aliphatic rings. The summed E-state index contributed by atoms with van der Waals surface area (Å²) in [5, 5.41) is 5.90. The molecule has 2 unspecified atom stereocenters. The molecule has 7 nitrogen and oxygen atoms in total. The number of pyridine rings is 1. The summed E-state index contributed by atoms with van der Waals surface area (Å²) in [7, 11) is 1.95. The molecule has 1 fully saturated rings. The number of carbonyl (C=O) groups excluding carboxylic acids is 1. The SMILES string of the molecule is Cc1cnccc1NC(=O)NC1CCOC(c2cncn2C)C1. The van der Waals surface area contributed by atoms with Crippen molar-refractivity contribution in [2.45, 2.75) is 31.9 Å².